The molecule has 1 heterocycles. The molecule has 0 radical (unpaired) electrons. The van der Waals surface area contributed by atoms with E-state index in [-0.39, 0.29) is 12.3 Å². The predicted octanol–water partition coefficient (Wildman–Crippen LogP) is 1.81. The zero-order valence-electron chi connectivity index (χ0n) is 9.41. The summed E-state index contributed by atoms with van der Waals surface area (Å²) in [6.07, 6.45) is 0.196. The fourth-order valence-electron chi connectivity index (χ4n) is 1.56. The summed E-state index contributed by atoms with van der Waals surface area (Å²) in [5.74, 6) is 0.400. The van der Waals surface area contributed by atoms with E-state index in [0.717, 1.165) is 16.7 Å². The minimum Gasteiger partial charge on any atom is -0.440 e. The van der Waals surface area contributed by atoms with Crippen LogP contribution in [0.2, 0.25) is 0 Å². The number of nitrogens with one attached hydrogen (secondary N) is 1. The highest BCUT2D eigenvalue weighted by molar-refractivity contribution is 5.79. The highest BCUT2D eigenvalue weighted by Gasteiger charge is 2.09. The molecule has 0 bridgehead atoms. The summed E-state index contributed by atoms with van der Waals surface area (Å²) in [7, 11) is 0. The lowest BCUT2D eigenvalue weighted by Gasteiger charge is -1.96. The van der Waals surface area contributed by atoms with Crippen molar-refractivity contribution in [3.8, 4) is 0 Å². The zero-order chi connectivity index (χ0) is 11.5. The van der Waals surface area contributed by atoms with Crippen LogP contribution in [0.1, 0.15) is 18.4 Å². The topological polar surface area (TPSA) is 55.1 Å². The van der Waals surface area contributed by atoms with Crippen LogP contribution >= 0.6 is 0 Å². The normalized spacial score (nSPS) is 10.6. The molecule has 0 spiro atoms. The minimum absolute atomic E-state index is 0.0641. The van der Waals surface area contributed by atoms with E-state index in [1.165, 1.54) is 0 Å². The van der Waals surface area contributed by atoms with Gasteiger partial charge in [0.25, 0.3) is 0 Å². The Labute approximate surface area is 93.7 Å². The second-order valence-electron chi connectivity index (χ2n) is 3.71. The van der Waals surface area contributed by atoms with Crippen molar-refractivity contribution in [2.45, 2.75) is 20.3 Å². The number of amides is 1. The fraction of sp³-hybridized carbons (Fsp3) is 0.333. The summed E-state index contributed by atoms with van der Waals surface area (Å²) in [6, 6.07) is 5.78. The van der Waals surface area contributed by atoms with Gasteiger partial charge in [0.2, 0.25) is 11.8 Å². The average molecular weight is 218 g/mol. The Balaban J connectivity index is 2.23. The van der Waals surface area contributed by atoms with Gasteiger partial charge in [-0.3, -0.25) is 4.79 Å². The van der Waals surface area contributed by atoms with Gasteiger partial charge < -0.3 is 9.73 Å². The maximum atomic E-state index is 11.3. The number of oxazole rings is 1. The molecule has 0 aliphatic carbocycles. The van der Waals surface area contributed by atoms with Crippen molar-refractivity contribution >= 4 is 17.0 Å². The molecule has 84 valence electrons. The molecule has 1 aromatic carbocycles. The van der Waals surface area contributed by atoms with Crippen LogP contribution in [0, 0.1) is 6.92 Å². The third-order valence-corrected chi connectivity index (χ3v) is 2.27. The first-order chi connectivity index (χ1) is 7.69. The number of rotatable bonds is 3. The Bertz CT molecular complexity index is 517. The molecule has 2 aromatic rings. The average Bonchev–Trinajstić information content (AvgIpc) is 2.59. The first kappa shape index (κ1) is 10.7. The van der Waals surface area contributed by atoms with Crippen molar-refractivity contribution < 1.29 is 9.21 Å². The van der Waals surface area contributed by atoms with Crippen LogP contribution in [-0.4, -0.2) is 17.4 Å². The van der Waals surface area contributed by atoms with Crippen LogP contribution < -0.4 is 5.32 Å². The minimum atomic E-state index is -0.0641. The molecule has 1 aromatic heterocycles. The summed E-state index contributed by atoms with van der Waals surface area (Å²) in [6.45, 7) is 4.50. The van der Waals surface area contributed by atoms with E-state index in [2.05, 4.69) is 10.3 Å². The molecule has 0 aliphatic heterocycles. The molecule has 0 unspecified atom stereocenters. The summed E-state index contributed by atoms with van der Waals surface area (Å²) >= 11 is 0. The van der Waals surface area contributed by atoms with Gasteiger partial charge in [-0.1, -0.05) is 6.07 Å². The summed E-state index contributed by atoms with van der Waals surface area (Å²) < 4.78 is 5.47. The Kier molecular flexibility index (Phi) is 2.90. The van der Waals surface area contributed by atoms with Crippen molar-refractivity contribution in [3.63, 3.8) is 0 Å². The molecule has 0 atom stereocenters. The van der Waals surface area contributed by atoms with E-state index >= 15 is 0 Å². The van der Waals surface area contributed by atoms with E-state index in [1.54, 1.807) is 0 Å². The molecule has 1 amide bonds. The second kappa shape index (κ2) is 4.35. The van der Waals surface area contributed by atoms with Gasteiger partial charge in [-0.15, -0.1) is 0 Å². The Hall–Kier alpha value is -1.84. The molecule has 4 nitrogen and oxygen atoms in total. The van der Waals surface area contributed by atoms with Crippen molar-refractivity contribution in [1.29, 1.82) is 0 Å². The molecule has 1 N–H and O–H groups in total. The molecular formula is C12H14N2O2. The molecule has 2 rings (SSSR count). The molecule has 0 saturated heterocycles. The summed E-state index contributed by atoms with van der Waals surface area (Å²) in [4.78, 5) is 15.6. The number of hydrogen-bond acceptors (Lipinski definition) is 3. The number of carbonyl (C=O) groups excluding carboxylic acids is 1. The largest absolute Gasteiger partial charge is 0.440 e. The molecule has 16 heavy (non-hydrogen) atoms. The van der Waals surface area contributed by atoms with E-state index in [4.69, 9.17) is 4.42 Å². The summed E-state index contributed by atoms with van der Waals surface area (Å²) in [5, 5.41) is 2.71. The standard InChI is InChI=1S/C12H14N2O2/c1-3-13-11(15)7-12-14-9-6-8(2)4-5-10(9)16-12/h4-6H,3,7H2,1-2H3,(H,13,15). The monoisotopic (exact) mass is 218 g/mol. The quantitative estimate of drug-likeness (QED) is 0.854. The number of aryl methyl sites for hydroxylation is 1. The van der Waals surface area contributed by atoms with Crippen molar-refractivity contribution in [2.75, 3.05) is 6.54 Å². The third kappa shape index (κ3) is 2.21. The fourth-order valence-corrected chi connectivity index (χ4v) is 1.56. The van der Waals surface area contributed by atoms with E-state index in [1.807, 2.05) is 32.0 Å². The number of aromatic nitrogens is 1. The highest BCUT2D eigenvalue weighted by Crippen LogP contribution is 2.16. The third-order valence-electron chi connectivity index (χ3n) is 2.27. The lowest BCUT2D eigenvalue weighted by atomic mass is 10.2. The number of nitrogens with zero attached hydrogens (tertiary/aromatic N) is 1. The van der Waals surface area contributed by atoms with Crippen LogP contribution in [0.3, 0.4) is 0 Å². The van der Waals surface area contributed by atoms with Gasteiger partial charge in [-0.05, 0) is 31.5 Å². The summed E-state index contributed by atoms with van der Waals surface area (Å²) in [5.41, 5.74) is 2.66. The first-order valence-electron chi connectivity index (χ1n) is 5.32. The number of carbonyl (C=O) groups is 1. The van der Waals surface area contributed by atoms with E-state index in [0.29, 0.717) is 12.4 Å². The molecular weight excluding hydrogens is 204 g/mol. The lowest BCUT2D eigenvalue weighted by Crippen LogP contribution is -2.24. The lowest BCUT2D eigenvalue weighted by molar-refractivity contribution is -0.120. The predicted molar refractivity (Wildman–Crippen MR) is 61.1 cm³/mol. The molecule has 0 saturated carbocycles. The maximum absolute atomic E-state index is 11.3. The molecule has 4 heteroatoms. The van der Waals surface area contributed by atoms with Gasteiger partial charge in [0.15, 0.2) is 5.58 Å². The van der Waals surface area contributed by atoms with Crippen molar-refractivity contribution in [3.05, 3.63) is 29.7 Å². The van der Waals surface area contributed by atoms with Crippen molar-refractivity contribution in [1.82, 2.24) is 10.3 Å². The molecule has 0 fully saturated rings. The van der Waals surface area contributed by atoms with Crippen LogP contribution in [0.4, 0.5) is 0 Å². The van der Waals surface area contributed by atoms with E-state index < -0.39 is 0 Å². The van der Waals surface area contributed by atoms with Crippen LogP contribution in [0.5, 0.6) is 0 Å². The van der Waals surface area contributed by atoms with Crippen LogP contribution in [0.15, 0.2) is 22.6 Å². The van der Waals surface area contributed by atoms with Crippen LogP contribution in [0.25, 0.3) is 11.1 Å². The number of fused-ring (bicyclic) bond motifs is 1. The zero-order valence-corrected chi connectivity index (χ0v) is 9.41. The van der Waals surface area contributed by atoms with Crippen LogP contribution in [-0.2, 0) is 11.2 Å². The Morgan fingerprint density at radius 3 is 3.06 bits per heavy atom. The van der Waals surface area contributed by atoms with Gasteiger partial charge >= 0.3 is 0 Å². The SMILES string of the molecule is CCNC(=O)Cc1nc2cc(C)ccc2o1. The van der Waals surface area contributed by atoms with Gasteiger partial charge in [-0.2, -0.15) is 0 Å². The van der Waals surface area contributed by atoms with Gasteiger partial charge in [0.05, 0.1) is 0 Å². The Morgan fingerprint density at radius 2 is 2.31 bits per heavy atom. The number of hydrogen-bond donors (Lipinski definition) is 1. The van der Waals surface area contributed by atoms with E-state index in [9.17, 15) is 4.79 Å². The smallest absolute Gasteiger partial charge is 0.229 e. The van der Waals surface area contributed by atoms with Gasteiger partial charge in [0, 0.05) is 6.54 Å². The number of benzene rings is 1. The molecule has 0 aliphatic rings. The van der Waals surface area contributed by atoms with Crippen molar-refractivity contribution in [2.24, 2.45) is 0 Å². The maximum Gasteiger partial charge on any atom is 0.229 e. The van der Waals surface area contributed by atoms with Gasteiger partial charge in [0.1, 0.15) is 11.9 Å². The first-order valence-corrected chi connectivity index (χ1v) is 5.32. The second-order valence-corrected chi connectivity index (χ2v) is 3.71. The number of likely N-dealkylation sites (N-methyl/N-ethyl adjacent to an activating group) is 1. The highest BCUT2D eigenvalue weighted by atomic mass is 16.3. The van der Waals surface area contributed by atoms with Gasteiger partial charge in [-0.25, -0.2) is 4.98 Å². The Morgan fingerprint density at radius 1 is 1.50 bits per heavy atom.